The van der Waals surface area contributed by atoms with Gasteiger partial charge in [-0.3, -0.25) is 9.69 Å². The first kappa shape index (κ1) is 18.7. The van der Waals surface area contributed by atoms with E-state index in [2.05, 4.69) is 65.6 Å². The van der Waals surface area contributed by atoms with Crippen molar-refractivity contribution < 1.29 is 9.53 Å². The molecule has 2 aromatic carbocycles. The Balaban J connectivity index is 1.68. The van der Waals surface area contributed by atoms with Crippen LogP contribution in [0.1, 0.15) is 48.9 Å². The van der Waals surface area contributed by atoms with Crippen LogP contribution in [-0.4, -0.2) is 36.6 Å². The lowest BCUT2D eigenvalue weighted by Gasteiger charge is -2.33. The summed E-state index contributed by atoms with van der Waals surface area (Å²) in [7, 11) is 0. The molecular formula is C25H27NO2. The highest BCUT2D eigenvalue weighted by molar-refractivity contribution is 5.94. The molecule has 28 heavy (non-hydrogen) atoms. The van der Waals surface area contributed by atoms with Crippen LogP contribution in [0.5, 0.6) is 0 Å². The van der Waals surface area contributed by atoms with Gasteiger partial charge in [-0.1, -0.05) is 66.3 Å². The molecule has 1 aliphatic heterocycles. The average molecular weight is 373 g/mol. The fourth-order valence-corrected chi connectivity index (χ4v) is 4.29. The van der Waals surface area contributed by atoms with E-state index in [0.717, 1.165) is 25.9 Å². The number of rotatable bonds is 3. The summed E-state index contributed by atoms with van der Waals surface area (Å²) in [6.45, 7) is 6.02. The second kappa shape index (κ2) is 8.15. The summed E-state index contributed by atoms with van der Waals surface area (Å²) in [5, 5.41) is 0. The minimum Gasteiger partial charge on any atom is -0.465 e. The predicted molar refractivity (Wildman–Crippen MR) is 115 cm³/mol. The fraction of sp³-hybridized carbons (Fsp3) is 0.320. The highest BCUT2D eigenvalue weighted by Crippen LogP contribution is 2.38. The molecule has 0 radical (unpaired) electrons. The largest absolute Gasteiger partial charge is 0.465 e. The van der Waals surface area contributed by atoms with Crippen molar-refractivity contribution in [3.63, 3.8) is 0 Å². The molecular weight excluding hydrogens is 346 g/mol. The summed E-state index contributed by atoms with van der Waals surface area (Å²) >= 11 is 0. The van der Waals surface area contributed by atoms with Crippen LogP contribution in [0, 0.1) is 0 Å². The number of nitrogens with zero attached hydrogens (tertiary/aromatic N) is 1. The van der Waals surface area contributed by atoms with Crippen molar-refractivity contribution in [3.8, 4) is 0 Å². The normalized spacial score (nSPS) is 17.5. The number of ether oxygens (including phenoxy) is 1. The number of carbonyl (C=O) groups is 1. The number of esters is 1. The molecule has 1 aliphatic carbocycles. The summed E-state index contributed by atoms with van der Waals surface area (Å²) < 4.78 is 5.21. The number of hydrogen-bond acceptors (Lipinski definition) is 3. The smallest absolute Gasteiger partial charge is 0.323 e. The van der Waals surface area contributed by atoms with Gasteiger partial charge in [-0.25, -0.2) is 0 Å². The van der Waals surface area contributed by atoms with Crippen LogP contribution >= 0.6 is 0 Å². The summed E-state index contributed by atoms with van der Waals surface area (Å²) in [6, 6.07) is 17.1. The van der Waals surface area contributed by atoms with Crippen molar-refractivity contribution in [3.05, 3.63) is 76.4 Å². The molecule has 3 heteroatoms. The Morgan fingerprint density at radius 1 is 0.964 bits per heavy atom. The molecule has 0 N–H and O–H groups in total. The highest BCUT2D eigenvalue weighted by Gasteiger charge is 2.27. The Kier molecular flexibility index (Phi) is 5.45. The van der Waals surface area contributed by atoms with E-state index in [4.69, 9.17) is 4.74 Å². The van der Waals surface area contributed by atoms with Crippen molar-refractivity contribution in [1.82, 2.24) is 4.90 Å². The van der Waals surface area contributed by atoms with Crippen molar-refractivity contribution in [2.24, 2.45) is 0 Å². The SMILES string of the molecule is CCOC(=O)C(C)N1CCC(=C2c3ccccc3C=Cc3ccccc32)CC1. The highest BCUT2D eigenvalue weighted by atomic mass is 16.5. The third-order valence-electron chi connectivity index (χ3n) is 5.83. The Bertz CT molecular complexity index is 880. The predicted octanol–water partition coefficient (Wildman–Crippen LogP) is 5.02. The van der Waals surface area contributed by atoms with E-state index < -0.39 is 0 Å². The van der Waals surface area contributed by atoms with Crippen LogP contribution in [0.2, 0.25) is 0 Å². The summed E-state index contributed by atoms with van der Waals surface area (Å²) in [5.74, 6) is -0.118. The second-order valence-corrected chi connectivity index (χ2v) is 7.45. The number of carbonyl (C=O) groups excluding carboxylic acids is 1. The van der Waals surface area contributed by atoms with Gasteiger partial charge >= 0.3 is 5.97 Å². The van der Waals surface area contributed by atoms with E-state index in [0.29, 0.717) is 6.61 Å². The molecule has 144 valence electrons. The minimum absolute atomic E-state index is 0.118. The van der Waals surface area contributed by atoms with Crippen molar-refractivity contribution in [2.75, 3.05) is 19.7 Å². The standard InChI is InChI=1S/C25H27NO2/c1-3-28-25(27)18(2)26-16-14-21(15-17-26)24-22-10-6-4-8-19(22)12-13-20-9-5-7-11-23(20)24/h4-13,18H,3,14-17H2,1-2H3. The third-order valence-corrected chi connectivity index (χ3v) is 5.83. The van der Waals surface area contributed by atoms with Crippen LogP contribution in [0.25, 0.3) is 17.7 Å². The van der Waals surface area contributed by atoms with Crippen molar-refractivity contribution >= 4 is 23.7 Å². The molecule has 0 saturated carbocycles. The molecule has 1 unspecified atom stereocenters. The molecule has 4 rings (SSSR count). The maximum Gasteiger partial charge on any atom is 0.323 e. The van der Waals surface area contributed by atoms with Gasteiger partial charge in [0.15, 0.2) is 0 Å². The maximum atomic E-state index is 12.1. The van der Waals surface area contributed by atoms with E-state index in [9.17, 15) is 4.79 Å². The topological polar surface area (TPSA) is 29.5 Å². The Labute approximate surface area is 167 Å². The minimum atomic E-state index is -0.179. The third kappa shape index (κ3) is 3.55. The quantitative estimate of drug-likeness (QED) is 0.604. The zero-order chi connectivity index (χ0) is 19.5. The van der Waals surface area contributed by atoms with Gasteiger partial charge in [0.05, 0.1) is 6.61 Å². The molecule has 1 heterocycles. The summed E-state index contributed by atoms with van der Waals surface area (Å²) in [5.41, 5.74) is 8.01. The number of likely N-dealkylation sites (tertiary alicyclic amines) is 1. The van der Waals surface area contributed by atoms with Gasteiger partial charge < -0.3 is 4.74 Å². The first-order valence-corrected chi connectivity index (χ1v) is 10.2. The van der Waals surface area contributed by atoms with Gasteiger partial charge in [-0.05, 0) is 54.5 Å². The van der Waals surface area contributed by atoms with E-state index in [1.165, 1.54) is 33.4 Å². The average Bonchev–Trinajstić information content (AvgIpc) is 2.90. The molecule has 1 atom stereocenters. The fourth-order valence-electron chi connectivity index (χ4n) is 4.29. The Morgan fingerprint density at radius 3 is 2.04 bits per heavy atom. The van der Waals surface area contributed by atoms with Crippen LogP contribution < -0.4 is 0 Å². The molecule has 0 amide bonds. The number of hydrogen-bond donors (Lipinski definition) is 0. The number of piperidine rings is 1. The lowest BCUT2D eigenvalue weighted by atomic mass is 9.86. The zero-order valence-electron chi connectivity index (χ0n) is 16.7. The van der Waals surface area contributed by atoms with Crippen LogP contribution in [0.4, 0.5) is 0 Å². The number of benzene rings is 2. The molecule has 2 aliphatic rings. The molecule has 0 spiro atoms. The van der Waals surface area contributed by atoms with Gasteiger partial charge in [0.2, 0.25) is 0 Å². The van der Waals surface area contributed by atoms with Gasteiger partial charge in [0.1, 0.15) is 6.04 Å². The molecule has 1 saturated heterocycles. The number of fused-ring (bicyclic) bond motifs is 2. The molecule has 3 nitrogen and oxygen atoms in total. The first-order chi connectivity index (χ1) is 13.7. The summed E-state index contributed by atoms with van der Waals surface area (Å²) in [4.78, 5) is 14.4. The van der Waals surface area contributed by atoms with Crippen molar-refractivity contribution in [2.45, 2.75) is 32.7 Å². The van der Waals surface area contributed by atoms with E-state index in [1.807, 2.05) is 13.8 Å². The van der Waals surface area contributed by atoms with Gasteiger partial charge in [-0.2, -0.15) is 0 Å². The van der Waals surface area contributed by atoms with E-state index in [-0.39, 0.29) is 12.0 Å². The van der Waals surface area contributed by atoms with Gasteiger partial charge in [-0.15, -0.1) is 0 Å². The molecule has 0 aromatic heterocycles. The van der Waals surface area contributed by atoms with E-state index >= 15 is 0 Å². The maximum absolute atomic E-state index is 12.1. The lowest BCUT2D eigenvalue weighted by Crippen LogP contribution is -2.43. The second-order valence-electron chi connectivity index (χ2n) is 7.45. The lowest BCUT2D eigenvalue weighted by molar-refractivity contribution is -0.149. The zero-order valence-corrected chi connectivity index (χ0v) is 16.7. The van der Waals surface area contributed by atoms with Gasteiger partial charge in [0, 0.05) is 13.1 Å². The van der Waals surface area contributed by atoms with Crippen LogP contribution in [0.15, 0.2) is 54.1 Å². The van der Waals surface area contributed by atoms with E-state index in [1.54, 1.807) is 0 Å². The Morgan fingerprint density at radius 2 is 1.50 bits per heavy atom. The summed E-state index contributed by atoms with van der Waals surface area (Å²) in [6.07, 6.45) is 6.39. The Hall–Kier alpha value is -2.65. The molecule has 1 fully saturated rings. The monoisotopic (exact) mass is 373 g/mol. The van der Waals surface area contributed by atoms with Gasteiger partial charge in [0.25, 0.3) is 0 Å². The first-order valence-electron chi connectivity index (χ1n) is 10.2. The van der Waals surface area contributed by atoms with Crippen LogP contribution in [-0.2, 0) is 9.53 Å². The van der Waals surface area contributed by atoms with Crippen LogP contribution in [0.3, 0.4) is 0 Å². The molecule has 0 bridgehead atoms. The van der Waals surface area contributed by atoms with Crippen molar-refractivity contribution in [1.29, 1.82) is 0 Å². The molecule has 2 aromatic rings.